The van der Waals surface area contributed by atoms with Gasteiger partial charge in [-0.25, -0.2) is 0 Å². The fourth-order valence-electron chi connectivity index (χ4n) is 1.53. The van der Waals surface area contributed by atoms with Crippen LogP contribution < -0.4 is 5.73 Å². The summed E-state index contributed by atoms with van der Waals surface area (Å²) in [4.78, 5) is 0. The van der Waals surface area contributed by atoms with Gasteiger partial charge in [0.1, 0.15) is 0 Å². The molecule has 0 unspecified atom stereocenters. The standard InChI is InChI=1S/C11H21N3/c1-8(12)5-6-9-7-13-14-10(9)11(2,3)4/h7-8H,5-6,12H2,1-4H3,(H,13,14)/t8-/m0/s1. The first kappa shape index (κ1) is 11.2. The molecule has 0 radical (unpaired) electrons. The number of aryl methyl sites for hydroxylation is 1. The van der Waals surface area contributed by atoms with Gasteiger partial charge in [0.2, 0.25) is 0 Å². The highest BCUT2D eigenvalue weighted by Gasteiger charge is 2.19. The summed E-state index contributed by atoms with van der Waals surface area (Å²) < 4.78 is 0. The Morgan fingerprint density at radius 3 is 2.64 bits per heavy atom. The van der Waals surface area contributed by atoms with Gasteiger partial charge in [-0.15, -0.1) is 0 Å². The van der Waals surface area contributed by atoms with Gasteiger partial charge in [-0.1, -0.05) is 20.8 Å². The smallest absolute Gasteiger partial charge is 0.0522 e. The lowest BCUT2D eigenvalue weighted by Crippen LogP contribution is -2.18. The van der Waals surface area contributed by atoms with E-state index in [9.17, 15) is 0 Å². The molecule has 1 rings (SSSR count). The largest absolute Gasteiger partial charge is 0.328 e. The van der Waals surface area contributed by atoms with Gasteiger partial charge >= 0.3 is 0 Å². The van der Waals surface area contributed by atoms with E-state index >= 15 is 0 Å². The van der Waals surface area contributed by atoms with E-state index < -0.39 is 0 Å². The second-order valence-electron chi connectivity index (χ2n) is 5.04. The Kier molecular flexibility index (Phi) is 3.32. The van der Waals surface area contributed by atoms with Gasteiger partial charge in [-0.2, -0.15) is 5.10 Å². The van der Waals surface area contributed by atoms with Crippen LogP contribution >= 0.6 is 0 Å². The highest BCUT2D eigenvalue weighted by molar-refractivity contribution is 5.23. The summed E-state index contributed by atoms with van der Waals surface area (Å²) in [6.07, 6.45) is 3.95. The first-order valence-corrected chi connectivity index (χ1v) is 5.19. The molecule has 3 nitrogen and oxygen atoms in total. The molecule has 1 atom stereocenters. The SMILES string of the molecule is C[C@H](N)CCc1cn[nH]c1C(C)(C)C. The molecule has 3 heteroatoms. The molecule has 14 heavy (non-hydrogen) atoms. The lowest BCUT2D eigenvalue weighted by molar-refractivity contribution is 0.555. The van der Waals surface area contributed by atoms with Gasteiger partial charge in [-0.05, 0) is 25.3 Å². The molecule has 80 valence electrons. The zero-order chi connectivity index (χ0) is 10.8. The van der Waals surface area contributed by atoms with Crippen molar-refractivity contribution in [3.8, 4) is 0 Å². The van der Waals surface area contributed by atoms with Gasteiger partial charge < -0.3 is 5.73 Å². The zero-order valence-corrected chi connectivity index (χ0v) is 9.59. The van der Waals surface area contributed by atoms with Crippen molar-refractivity contribution in [1.29, 1.82) is 0 Å². The van der Waals surface area contributed by atoms with Crippen LogP contribution in [0.15, 0.2) is 6.20 Å². The Hall–Kier alpha value is -0.830. The highest BCUT2D eigenvalue weighted by Crippen LogP contribution is 2.24. The number of aromatic amines is 1. The molecule has 0 aromatic carbocycles. The van der Waals surface area contributed by atoms with Crippen LogP contribution in [0.4, 0.5) is 0 Å². The Labute approximate surface area is 86.1 Å². The number of H-pyrrole nitrogens is 1. The first-order chi connectivity index (χ1) is 6.41. The minimum absolute atomic E-state index is 0.143. The summed E-state index contributed by atoms with van der Waals surface area (Å²) in [5.74, 6) is 0. The van der Waals surface area contributed by atoms with Crippen molar-refractivity contribution >= 4 is 0 Å². The Bertz CT molecular complexity index is 281. The van der Waals surface area contributed by atoms with Crippen molar-refractivity contribution in [2.45, 2.75) is 52.0 Å². The van der Waals surface area contributed by atoms with Gasteiger partial charge in [0, 0.05) is 17.2 Å². The quantitative estimate of drug-likeness (QED) is 0.775. The van der Waals surface area contributed by atoms with Crippen LogP contribution in [0.25, 0.3) is 0 Å². The highest BCUT2D eigenvalue weighted by atomic mass is 15.1. The third-order valence-corrected chi connectivity index (χ3v) is 2.34. The lowest BCUT2D eigenvalue weighted by Gasteiger charge is -2.18. The topological polar surface area (TPSA) is 54.7 Å². The molecule has 0 fully saturated rings. The van der Waals surface area contributed by atoms with Crippen LogP contribution in [0.3, 0.4) is 0 Å². The van der Waals surface area contributed by atoms with E-state index in [1.54, 1.807) is 0 Å². The second kappa shape index (κ2) is 4.13. The molecule has 0 bridgehead atoms. The second-order valence-corrected chi connectivity index (χ2v) is 5.04. The van der Waals surface area contributed by atoms with Gasteiger partial charge in [0.15, 0.2) is 0 Å². The molecule has 0 saturated carbocycles. The summed E-state index contributed by atoms with van der Waals surface area (Å²) in [6, 6.07) is 0.262. The summed E-state index contributed by atoms with van der Waals surface area (Å²) in [6.45, 7) is 8.61. The number of aromatic nitrogens is 2. The van der Waals surface area contributed by atoms with E-state index in [2.05, 4.69) is 31.0 Å². The molecule has 1 heterocycles. The Morgan fingerprint density at radius 2 is 2.14 bits per heavy atom. The van der Waals surface area contributed by atoms with E-state index in [0.29, 0.717) is 0 Å². The van der Waals surface area contributed by atoms with Crippen LogP contribution in [0.1, 0.15) is 45.4 Å². The lowest BCUT2D eigenvalue weighted by atomic mass is 9.88. The predicted molar refractivity (Wildman–Crippen MR) is 59.3 cm³/mol. The number of nitrogens with zero attached hydrogens (tertiary/aromatic N) is 1. The van der Waals surface area contributed by atoms with Crippen LogP contribution in [0.2, 0.25) is 0 Å². The van der Waals surface area contributed by atoms with Crippen molar-refractivity contribution in [1.82, 2.24) is 10.2 Å². The van der Waals surface area contributed by atoms with E-state index in [-0.39, 0.29) is 11.5 Å². The molecule has 0 spiro atoms. The summed E-state index contributed by atoms with van der Waals surface area (Å²) in [7, 11) is 0. The van der Waals surface area contributed by atoms with Gasteiger partial charge in [0.25, 0.3) is 0 Å². The van der Waals surface area contributed by atoms with E-state index in [1.807, 2.05) is 13.1 Å². The molecule has 0 saturated heterocycles. The molecular formula is C11H21N3. The average Bonchev–Trinajstić information content (AvgIpc) is 2.46. The zero-order valence-electron chi connectivity index (χ0n) is 9.59. The van der Waals surface area contributed by atoms with Crippen LogP contribution in [0, 0.1) is 0 Å². The molecule has 0 aliphatic heterocycles. The normalized spacial score (nSPS) is 14.4. The van der Waals surface area contributed by atoms with Crippen LogP contribution in [-0.4, -0.2) is 16.2 Å². The Morgan fingerprint density at radius 1 is 1.50 bits per heavy atom. The fourth-order valence-corrected chi connectivity index (χ4v) is 1.53. The molecule has 1 aromatic rings. The maximum Gasteiger partial charge on any atom is 0.0522 e. The van der Waals surface area contributed by atoms with Crippen molar-refractivity contribution < 1.29 is 0 Å². The summed E-state index contributed by atoms with van der Waals surface area (Å²) >= 11 is 0. The van der Waals surface area contributed by atoms with E-state index in [1.165, 1.54) is 11.3 Å². The van der Waals surface area contributed by atoms with Crippen LogP contribution in [0.5, 0.6) is 0 Å². The summed E-state index contributed by atoms with van der Waals surface area (Å²) in [5, 5.41) is 7.18. The molecule has 1 aromatic heterocycles. The maximum atomic E-state index is 5.74. The molecule has 0 amide bonds. The third-order valence-electron chi connectivity index (χ3n) is 2.34. The third kappa shape index (κ3) is 2.84. The monoisotopic (exact) mass is 195 g/mol. The van der Waals surface area contributed by atoms with Crippen molar-refractivity contribution in [2.24, 2.45) is 5.73 Å². The average molecular weight is 195 g/mol. The number of nitrogens with one attached hydrogen (secondary N) is 1. The minimum atomic E-state index is 0.143. The summed E-state index contributed by atoms with van der Waals surface area (Å²) in [5.41, 5.74) is 8.42. The molecule has 0 aliphatic carbocycles. The molecule has 3 N–H and O–H groups in total. The number of nitrogens with two attached hydrogens (primary N) is 1. The van der Waals surface area contributed by atoms with Gasteiger partial charge in [0.05, 0.1) is 6.20 Å². The van der Waals surface area contributed by atoms with Crippen molar-refractivity contribution in [3.63, 3.8) is 0 Å². The molecule has 0 aliphatic rings. The van der Waals surface area contributed by atoms with Crippen molar-refractivity contribution in [2.75, 3.05) is 0 Å². The minimum Gasteiger partial charge on any atom is -0.328 e. The molecular weight excluding hydrogens is 174 g/mol. The Balaban J connectivity index is 2.73. The van der Waals surface area contributed by atoms with E-state index in [0.717, 1.165) is 12.8 Å². The number of hydrogen-bond donors (Lipinski definition) is 2. The maximum absolute atomic E-state index is 5.74. The fraction of sp³-hybridized carbons (Fsp3) is 0.727. The predicted octanol–water partition coefficient (Wildman–Crippen LogP) is 1.99. The van der Waals surface area contributed by atoms with Crippen molar-refractivity contribution in [3.05, 3.63) is 17.5 Å². The van der Waals surface area contributed by atoms with Crippen LogP contribution in [-0.2, 0) is 11.8 Å². The number of hydrogen-bond acceptors (Lipinski definition) is 2. The number of rotatable bonds is 3. The van der Waals surface area contributed by atoms with Gasteiger partial charge in [-0.3, -0.25) is 5.10 Å². The van der Waals surface area contributed by atoms with E-state index in [4.69, 9.17) is 5.73 Å². The first-order valence-electron chi connectivity index (χ1n) is 5.19.